The Morgan fingerprint density at radius 2 is 2.44 bits per heavy atom. The van der Waals surface area contributed by atoms with E-state index in [9.17, 15) is 0 Å². The summed E-state index contributed by atoms with van der Waals surface area (Å²) in [6.07, 6.45) is 3.47. The summed E-state index contributed by atoms with van der Waals surface area (Å²) in [4.78, 5) is 8.28. The van der Waals surface area contributed by atoms with Crippen LogP contribution >= 0.6 is 0 Å². The molecule has 0 amide bonds. The summed E-state index contributed by atoms with van der Waals surface area (Å²) < 4.78 is 11.7. The van der Waals surface area contributed by atoms with E-state index in [1.54, 1.807) is 24.1 Å². The van der Waals surface area contributed by atoms with E-state index >= 15 is 0 Å². The van der Waals surface area contributed by atoms with E-state index in [0.717, 1.165) is 0 Å². The monoisotopic (exact) mass is 223 g/mol. The zero-order valence-electron chi connectivity index (χ0n) is 9.12. The maximum atomic E-state index is 5.76. The number of imidazole rings is 1. The maximum Gasteiger partial charge on any atom is 0.246 e. The minimum atomic E-state index is -0.411. The Kier molecular flexibility index (Phi) is 2.97. The number of ether oxygens (including phenoxy) is 1. The average Bonchev–Trinajstić information content (AvgIpc) is 2.86. The van der Waals surface area contributed by atoms with Crippen molar-refractivity contribution < 1.29 is 9.26 Å². The number of aryl methyl sites for hydroxylation is 1. The van der Waals surface area contributed by atoms with Crippen LogP contribution in [0.4, 0.5) is 0 Å². The summed E-state index contributed by atoms with van der Waals surface area (Å²) in [5.74, 6) is 1.41. The van der Waals surface area contributed by atoms with Crippen molar-refractivity contribution in [3.8, 4) is 11.6 Å². The highest BCUT2D eigenvalue weighted by molar-refractivity contribution is 5.42. The third-order valence-electron chi connectivity index (χ3n) is 2.13. The van der Waals surface area contributed by atoms with Crippen LogP contribution in [-0.4, -0.2) is 33.4 Å². The van der Waals surface area contributed by atoms with Gasteiger partial charge in [0.1, 0.15) is 6.04 Å². The number of nitrogens with two attached hydrogens (primary N) is 1. The molecule has 0 aromatic carbocycles. The normalized spacial score (nSPS) is 12.9. The van der Waals surface area contributed by atoms with Gasteiger partial charge in [-0.15, -0.1) is 0 Å². The fourth-order valence-electron chi connectivity index (χ4n) is 1.31. The molecule has 0 fully saturated rings. The molecule has 0 aliphatic carbocycles. The Bertz CT molecular complexity index is 464. The first kappa shape index (κ1) is 10.8. The third kappa shape index (κ3) is 1.95. The summed E-state index contributed by atoms with van der Waals surface area (Å²) >= 11 is 0. The Balaban J connectivity index is 2.23. The molecule has 0 spiro atoms. The van der Waals surface area contributed by atoms with E-state index < -0.39 is 6.04 Å². The van der Waals surface area contributed by atoms with E-state index in [1.165, 1.54) is 0 Å². The summed E-state index contributed by atoms with van der Waals surface area (Å²) in [5.41, 5.74) is 5.76. The Hall–Kier alpha value is -1.73. The second-order valence-electron chi connectivity index (χ2n) is 3.38. The van der Waals surface area contributed by atoms with Gasteiger partial charge in [0, 0.05) is 26.6 Å². The Labute approximate surface area is 92.2 Å². The average molecular weight is 223 g/mol. The van der Waals surface area contributed by atoms with Gasteiger partial charge in [0.05, 0.1) is 6.61 Å². The summed E-state index contributed by atoms with van der Waals surface area (Å²) in [6.45, 7) is 0.336. The lowest BCUT2D eigenvalue weighted by Gasteiger charge is -2.02. The fraction of sp³-hybridized carbons (Fsp3) is 0.444. The van der Waals surface area contributed by atoms with Gasteiger partial charge >= 0.3 is 0 Å². The predicted octanol–water partition coefficient (Wildman–Crippen LogP) is 0.116. The number of hydrogen-bond acceptors (Lipinski definition) is 6. The van der Waals surface area contributed by atoms with Crippen LogP contribution < -0.4 is 5.73 Å². The van der Waals surface area contributed by atoms with Gasteiger partial charge in [-0.3, -0.25) is 0 Å². The quantitative estimate of drug-likeness (QED) is 0.791. The van der Waals surface area contributed by atoms with Crippen molar-refractivity contribution in [1.29, 1.82) is 0 Å². The molecule has 2 N–H and O–H groups in total. The lowest BCUT2D eigenvalue weighted by atomic mass is 10.3. The van der Waals surface area contributed by atoms with Gasteiger partial charge in [-0.25, -0.2) is 4.98 Å². The Morgan fingerprint density at radius 3 is 3.06 bits per heavy atom. The van der Waals surface area contributed by atoms with Crippen LogP contribution in [0.25, 0.3) is 11.6 Å². The predicted molar refractivity (Wildman–Crippen MR) is 55.3 cm³/mol. The molecule has 1 atom stereocenters. The molecule has 0 saturated carbocycles. The lowest BCUT2D eigenvalue weighted by Crippen LogP contribution is -2.16. The molecule has 86 valence electrons. The van der Waals surface area contributed by atoms with Crippen LogP contribution in [0.5, 0.6) is 0 Å². The van der Waals surface area contributed by atoms with Gasteiger partial charge in [0.15, 0.2) is 5.82 Å². The molecule has 2 heterocycles. The van der Waals surface area contributed by atoms with E-state index in [-0.39, 0.29) is 0 Å². The van der Waals surface area contributed by atoms with Crippen LogP contribution in [0, 0.1) is 0 Å². The van der Waals surface area contributed by atoms with Gasteiger partial charge in [-0.05, 0) is 0 Å². The van der Waals surface area contributed by atoms with Crippen molar-refractivity contribution in [1.82, 2.24) is 19.7 Å². The molecule has 7 nitrogen and oxygen atoms in total. The van der Waals surface area contributed by atoms with Crippen molar-refractivity contribution in [2.75, 3.05) is 13.7 Å². The topological polar surface area (TPSA) is 92.0 Å². The van der Waals surface area contributed by atoms with Crippen molar-refractivity contribution in [2.24, 2.45) is 12.8 Å². The van der Waals surface area contributed by atoms with Gasteiger partial charge in [-0.2, -0.15) is 4.98 Å². The molecule has 2 aromatic heterocycles. The van der Waals surface area contributed by atoms with E-state index in [0.29, 0.717) is 24.1 Å². The number of methoxy groups -OCH3 is 1. The number of nitrogens with zero attached hydrogens (tertiary/aromatic N) is 4. The fourth-order valence-corrected chi connectivity index (χ4v) is 1.31. The molecule has 2 rings (SSSR count). The molecule has 0 bridgehead atoms. The van der Waals surface area contributed by atoms with Gasteiger partial charge in [0.2, 0.25) is 11.7 Å². The molecule has 0 aliphatic heterocycles. The van der Waals surface area contributed by atoms with Crippen molar-refractivity contribution in [3.63, 3.8) is 0 Å². The van der Waals surface area contributed by atoms with Crippen LogP contribution in [-0.2, 0) is 11.8 Å². The first-order valence-electron chi connectivity index (χ1n) is 4.78. The summed E-state index contributed by atoms with van der Waals surface area (Å²) in [7, 11) is 3.42. The first-order valence-corrected chi connectivity index (χ1v) is 4.78. The molecule has 0 radical (unpaired) electrons. The zero-order chi connectivity index (χ0) is 11.5. The summed E-state index contributed by atoms with van der Waals surface area (Å²) in [6, 6.07) is -0.411. The number of hydrogen-bond donors (Lipinski definition) is 1. The van der Waals surface area contributed by atoms with E-state index in [4.69, 9.17) is 15.0 Å². The SMILES string of the molecule is COCC(N)c1nc(-c2nccn2C)no1. The van der Waals surface area contributed by atoms with Gasteiger partial charge in [0.25, 0.3) is 0 Å². The van der Waals surface area contributed by atoms with E-state index in [1.807, 2.05) is 7.05 Å². The van der Waals surface area contributed by atoms with Crippen LogP contribution in [0.2, 0.25) is 0 Å². The zero-order valence-corrected chi connectivity index (χ0v) is 9.12. The third-order valence-corrected chi connectivity index (χ3v) is 2.13. The molecule has 2 aromatic rings. The minimum absolute atomic E-state index is 0.336. The Morgan fingerprint density at radius 1 is 1.62 bits per heavy atom. The van der Waals surface area contributed by atoms with Crippen LogP contribution in [0.15, 0.2) is 16.9 Å². The van der Waals surface area contributed by atoms with Crippen molar-refractivity contribution in [2.45, 2.75) is 6.04 Å². The van der Waals surface area contributed by atoms with E-state index in [2.05, 4.69) is 15.1 Å². The van der Waals surface area contributed by atoms with Gasteiger partial charge in [-0.1, -0.05) is 5.16 Å². The molecule has 1 unspecified atom stereocenters. The lowest BCUT2D eigenvalue weighted by molar-refractivity contribution is 0.166. The van der Waals surface area contributed by atoms with Gasteiger partial charge < -0.3 is 19.6 Å². The van der Waals surface area contributed by atoms with Crippen LogP contribution in [0.1, 0.15) is 11.9 Å². The van der Waals surface area contributed by atoms with Crippen molar-refractivity contribution >= 4 is 0 Å². The smallest absolute Gasteiger partial charge is 0.246 e. The highest BCUT2D eigenvalue weighted by Gasteiger charge is 2.17. The van der Waals surface area contributed by atoms with Crippen LogP contribution in [0.3, 0.4) is 0 Å². The standard InChI is InChI=1S/C9H13N5O2/c1-14-4-3-11-8(14)7-12-9(16-13-7)6(10)5-15-2/h3-4,6H,5,10H2,1-2H3. The molecular weight excluding hydrogens is 210 g/mol. The highest BCUT2D eigenvalue weighted by Crippen LogP contribution is 2.15. The molecule has 16 heavy (non-hydrogen) atoms. The molecule has 0 aliphatic rings. The number of rotatable bonds is 4. The molecule has 7 heteroatoms. The summed E-state index contributed by atoms with van der Waals surface area (Å²) in [5, 5.41) is 3.82. The highest BCUT2D eigenvalue weighted by atomic mass is 16.5. The second kappa shape index (κ2) is 4.42. The van der Waals surface area contributed by atoms with Crippen molar-refractivity contribution in [3.05, 3.63) is 18.3 Å². The molecular formula is C9H13N5O2. The minimum Gasteiger partial charge on any atom is -0.383 e. The number of aromatic nitrogens is 4. The second-order valence-corrected chi connectivity index (χ2v) is 3.38. The first-order chi connectivity index (χ1) is 7.72. The molecule has 0 saturated heterocycles. The largest absolute Gasteiger partial charge is 0.383 e. The maximum absolute atomic E-state index is 5.76.